The molecule has 0 spiro atoms. The molecule has 1 aromatic carbocycles. The maximum atomic E-state index is 13.4. The molecule has 1 N–H and O–H groups in total. The number of thiophene rings is 1. The van der Waals surface area contributed by atoms with Gasteiger partial charge in [-0.1, -0.05) is 44.4 Å². The Balaban J connectivity index is 1.74. The molecule has 3 heterocycles. The van der Waals surface area contributed by atoms with Gasteiger partial charge in [0.15, 0.2) is 0 Å². The highest BCUT2D eigenvalue weighted by molar-refractivity contribution is 7.10. The number of para-hydroxylation sites is 1. The smallest absolute Gasteiger partial charge is 0.294 e. The Morgan fingerprint density at radius 1 is 1.21 bits per heavy atom. The number of hydrogen-bond donors (Lipinski definition) is 1. The second-order valence-electron chi connectivity index (χ2n) is 7.75. The van der Waals surface area contributed by atoms with Gasteiger partial charge in [0.05, 0.1) is 10.9 Å². The van der Waals surface area contributed by atoms with Gasteiger partial charge in [-0.15, -0.1) is 11.3 Å². The fourth-order valence-corrected chi connectivity index (χ4v) is 4.85. The van der Waals surface area contributed by atoms with Crippen LogP contribution in [0.3, 0.4) is 0 Å². The third-order valence-corrected chi connectivity index (χ3v) is 6.60. The molecular weight excluding hydrogens is 382 g/mol. The molecule has 0 saturated carbocycles. The summed E-state index contributed by atoms with van der Waals surface area (Å²) in [6.07, 6.45) is 7.43. The number of ether oxygens (including phenoxy) is 1. The molecule has 154 valence electrons. The van der Waals surface area contributed by atoms with E-state index in [1.165, 1.54) is 17.7 Å². The van der Waals surface area contributed by atoms with Crippen LogP contribution in [-0.2, 0) is 0 Å². The van der Waals surface area contributed by atoms with E-state index in [1.54, 1.807) is 11.3 Å². The Bertz CT molecular complexity index is 973. The molecule has 4 nitrogen and oxygen atoms in total. The molecule has 0 amide bonds. The van der Waals surface area contributed by atoms with Gasteiger partial charge in [0.2, 0.25) is 5.43 Å². The van der Waals surface area contributed by atoms with Crippen molar-refractivity contribution in [3.05, 3.63) is 62.4 Å². The Labute approximate surface area is 175 Å². The molecule has 0 radical (unpaired) electrons. The van der Waals surface area contributed by atoms with Crippen LogP contribution >= 0.6 is 11.3 Å². The highest BCUT2D eigenvalue weighted by Crippen LogP contribution is 2.36. The number of unbranched alkanes of at least 4 members (excludes halogenated alkanes) is 2. The molecule has 1 aliphatic heterocycles. The van der Waals surface area contributed by atoms with Crippen molar-refractivity contribution in [1.82, 2.24) is 5.32 Å². The lowest BCUT2D eigenvalue weighted by molar-refractivity contribution is 0.145. The molecule has 0 bridgehead atoms. The summed E-state index contributed by atoms with van der Waals surface area (Å²) in [6, 6.07) is 11.6. The molecule has 29 heavy (non-hydrogen) atoms. The first kappa shape index (κ1) is 20.2. The second kappa shape index (κ2) is 9.59. The van der Waals surface area contributed by atoms with E-state index in [2.05, 4.69) is 29.8 Å². The quantitative estimate of drug-likeness (QED) is 0.438. The summed E-state index contributed by atoms with van der Waals surface area (Å²) in [6.45, 7) is 3.12. The number of hydrogen-bond acceptors (Lipinski definition) is 5. The van der Waals surface area contributed by atoms with E-state index < -0.39 is 0 Å². The first-order valence-corrected chi connectivity index (χ1v) is 11.6. The zero-order chi connectivity index (χ0) is 20.1. The standard InChI is InChI=1S/C24H29NO3S/c1-2-3-4-13-20(21-14-9-16-29-21)28-24-22(18-11-7-8-15-25-18)23(26)17-10-5-6-12-19(17)27-24/h5-6,9-10,12,14,16,18,20,25H,2-4,7-8,11,13,15H2,1H3. The Morgan fingerprint density at radius 2 is 2.10 bits per heavy atom. The van der Waals surface area contributed by atoms with Gasteiger partial charge in [-0.3, -0.25) is 4.79 Å². The number of benzene rings is 1. The summed E-state index contributed by atoms with van der Waals surface area (Å²) < 4.78 is 12.7. The molecular formula is C24H29NO3S. The average Bonchev–Trinajstić information content (AvgIpc) is 3.29. The van der Waals surface area contributed by atoms with Gasteiger partial charge in [0, 0.05) is 10.9 Å². The lowest BCUT2D eigenvalue weighted by Gasteiger charge is -2.26. The van der Waals surface area contributed by atoms with Crippen molar-refractivity contribution in [3.63, 3.8) is 0 Å². The highest BCUT2D eigenvalue weighted by atomic mass is 32.1. The normalized spacial score (nSPS) is 18.0. The topological polar surface area (TPSA) is 51.5 Å². The van der Waals surface area contributed by atoms with E-state index in [4.69, 9.17) is 9.15 Å². The van der Waals surface area contributed by atoms with Crippen LogP contribution in [0.2, 0.25) is 0 Å². The van der Waals surface area contributed by atoms with Crippen molar-refractivity contribution in [3.8, 4) is 5.95 Å². The van der Waals surface area contributed by atoms with Gasteiger partial charge in [0.1, 0.15) is 11.7 Å². The van der Waals surface area contributed by atoms with E-state index >= 15 is 0 Å². The first-order chi connectivity index (χ1) is 14.3. The lowest BCUT2D eigenvalue weighted by atomic mass is 9.97. The summed E-state index contributed by atoms with van der Waals surface area (Å²) in [7, 11) is 0. The number of piperidine rings is 1. The van der Waals surface area contributed by atoms with Crippen molar-refractivity contribution in [2.24, 2.45) is 0 Å². The number of nitrogens with one attached hydrogen (secondary N) is 1. The Hall–Kier alpha value is -2.11. The maximum absolute atomic E-state index is 13.4. The number of fused-ring (bicyclic) bond motifs is 1. The van der Waals surface area contributed by atoms with E-state index in [9.17, 15) is 4.79 Å². The molecule has 1 fully saturated rings. The van der Waals surface area contributed by atoms with Gasteiger partial charge in [-0.2, -0.15) is 0 Å². The summed E-state index contributed by atoms with van der Waals surface area (Å²) in [5.41, 5.74) is 1.27. The number of rotatable bonds is 8. The van der Waals surface area contributed by atoms with Crippen LogP contribution in [0.15, 0.2) is 51.0 Å². The molecule has 2 atom stereocenters. The Kier molecular flexibility index (Phi) is 6.67. The molecule has 1 saturated heterocycles. The van der Waals surface area contributed by atoms with Crippen LogP contribution in [0.1, 0.15) is 74.5 Å². The third-order valence-electron chi connectivity index (χ3n) is 5.64. The van der Waals surface area contributed by atoms with E-state index in [1.807, 2.05) is 24.3 Å². The van der Waals surface area contributed by atoms with Crippen molar-refractivity contribution in [2.45, 2.75) is 64.0 Å². The highest BCUT2D eigenvalue weighted by Gasteiger charge is 2.28. The third kappa shape index (κ3) is 4.57. The predicted molar refractivity (Wildman–Crippen MR) is 119 cm³/mol. The van der Waals surface area contributed by atoms with Crippen molar-refractivity contribution >= 4 is 22.3 Å². The molecule has 2 unspecified atom stereocenters. The first-order valence-electron chi connectivity index (χ1n) is 10.8. The van der Waals surface area contributed by atoms with Crippen LogP contribution in [0.4, 0.5) is 0 Å². The molecule has 0 aliphatic carbocycles. The fourth-order valence-electron chi connectivity index (χ4n) is 4.06. The summed E-state index contributed by atoms with van der Waals surface area (Å²) in [5, 5.41) is 6.21. The van der Waals surface area contributed by atoms with Crippen molar-refractivity contribution < 1.29 is 9.15 Å². The maximum Gasteiger partial charge on any atom is 0.294 e. The van der Waals surface area contributed by atoms with E-state index in [-0.39, 0.29) is 17.6 Å². The minimum atomic E-state index is -0.0896. The minimum Gasteiger partial charge on any atom is -0.456 e. The molecule has 2 aromatic heterocycles. The van der Waals surface area contributed by atoms with E-state index in [0.29, 0.717) is 22.5 Å². The van der Waals surface area contributed by atoms with Crippen LogP contribution < -0.4 is 15.5 Å². The summed E-state index contributed by atoms with van der Waals surface area (Å²) in [4.78, 5) is 14.6. The largest absolute Gasteiger partial charge is 0.456 e. The molecule has 1 aliphatic rings. The van der Waals surface area contributed by atoms with E-state index in [0.717, 1.165) is 38.6 Å². The summed E-state index contributed by atoms with van der Waals surface area (Å²) >= 11 is 1.70. The fraction of sp³-hybridized carbons (Fsp3) is 0.458. The van der Waals surface area contributed by atoms with Crippen LogP contribution in [0.5, 0.6) is 5.95 Å². The molecule has 4 rings (SSSR count). The zero-order valence-electron chi connectivity index (χ0n) is 17.0. The Morgan fingerprint density at radius 3 is 2.86 bits per heavy atom. The zero-order valence-corrected chi connectivity index (χ0v) is 17.8. The van der Waals surface area contributed by atoms with Crippen molar-refractivity contribution in [2.75, 3.05) is 6.54 Å². The van der Waals surface area contributed by atoms with Crippen LogP contribution in [0.25, 0.3) is 11.0 Å². The van der Waals surface area contributed by atoms with Gasteiger partial charge in [-0.25, -0.2) is 0 Å². The van der Waals surface area contributed by atoms with Crippen LogP contribution in [-0.4, -0.2) is 6.54 Å². The predicted octanol–water partition coefficient (Wildman–Crippen LogP) is 6.37. The van der Waals surface area contributed by atoms with Crippen LogP contribution in [0, 0.1) is 0 Å². The van der Waals surface area contributed by atoms with Gasteiger partial charge in [0.25, 0.3) is 5.95 Å². The minimum absolute atomic E-state index is 0.0146. The molecule has 5 heteroatoms. The van der Waals surface area contributed by atoms with Crippen molar-refractivity contribution in [1.29, 1.82) is 0 Å². The second-order valence-corrected chi connectivity index (χ2v) is 8.73. The molecule has 3 aromatic rings. The lowest BCUT2D eigenvalue weighted by Crippen LogP contribution is -2.31. The van der Waals surface area contributed by atoms with Gasteiger partial charge < -0.3 is 14.5 Å². The SMILES string of the molecule is CCCCCC(Oc1oc2ccccc2c(=O)c1C1CCCCN1)c1cccs1. The average molecular weight is 412 g/mol. The monoisotopic (exact) mass is 411 g/mol. The van der Waals surface area contributed by atoms with Gasteiger partial charge >= 0.3 is 0 Å². The summed E-state index contributed by atoms with van der Waals surface area (Å²) in [5.74, 6) is 0.392. The van der Waals surface area contributed by atoms with Gasteiger partial charge in [-0.05, 0) is 55.8 Å².